The summed E-state index contributed by atoms with van der Waals surface area (Å²) in [6, 6.07) is 15.9. The number of hydrogen-bond acceptors (Lipinski definition) is 6. The third-order valence-corrected chi connectivity index (χ3v) is 5.90. The molecule has 0 fully saturated rings. The first-order valence-corrected chi connectivity index (χ1v) is 10.8. The molecule has 1 N–H and O–H groups in total. The fourth-order valence-electron chi connectivity index (χ4n) is 3.38. The molecule has 0 unspecified atom stereocenters. The molecule has 0 aliphatic carbocycles. The Labute approximate surface area is 180 Å². The molecule has 0 saturated carbocycles. The molecule has 2 heterocycles. The van der Waals surface area contributed by atoms with Crippen molar-refractivity contribution in [2.45, 2.75) is 24.9 Å². The van der Waals surface area contributed by atoms with Gasteiger partial charge in [-0.2, -0.15) is 0 Å². The van der Waals surface area contributed by atoms with Crippen LogP contribution in [-0.2, 0) is 6.54 Å². The molecule has 1 aromatic heterocycles. The van der Waals surface area contributed by atoms with Gasteiger partial charge >= 0.3 is 0 Å². The maximum absolute atomic E-state index is 9.34. The Kier molecular flexibility index (Phi) is 6.40. The lowest BCUT2D eigenvalue weighted by Gasteiger charge is -2.30. The van der Waals surface area contributed by atoms with E-state index in [1.54, 1.807) is 18.9 Å². The summed E-state index contributed by atoms with van der Waals surface area (Å²) >= 11 is 1.56. The van der Waals surface area contributed by atoms with E-state index in [1.165, 1.54) is 0 Å². The highest BCUT2D eigenvalue weighted by Gasteiger charge is 2.24. The first kappa shape index (κ1) is 20.5. The van der Waals surface area contributed by atoms with E-state index in [1.807, 2.05) is 49.4 Å². The maximum atomic E-state index is 9.34. The molecule has 3 aromatic rings. The van der Waals surface area contributed by atoms with E-state index in [0.29, 0.717) is 19.6 Å². The monoisotopic (exact) mass is 423 g/mol. The van der Waals surface area contributed by atoms with Crippen LogP contribution in [0, 0.1) is 0 Å². The number of aliphatic imine (C=N–C) groups is 1. The number of pyridine rings is 1. The van der Waals surface area contributed by atoms with Gasteiger partial charge in [-0.05, 0) is 61.5 Å². The number of nitrogens with zero attached hydrogens (tertiary/aromatic N) is 3. The fraction of sp³-hybridized carbons (Fsp3) is 0.304. The zero-order valence-corrected chi connectivity index (χ0v) is 18.0. The van der Waals surface area contributed by atoms with Crippen LogP contribution in [0.4, 0.5) is 5.69 Å². The third kappa shape index (κ3) is 4.52. The molecule has 6 nitrogen and oxygen atoms in total. The SMILES string of the molecule is CCOc1ccc2nc3c(cc2c1)CN(CCCO)C(=Nc1cccc(OC)c1)S3. The van der Waals surface area contributed by atoms with Crippen molar-refractivity contribution < 1.29 is 14.6 Å². The van der Waals surface area contributed by atoms with Crippen LogP contribution in [0.1, 0.15) is 18.9 Å². The third-order valence-electron chi connectivity index (χ3n) is 4.82. The molecular formula is C23H25N3O3S. The van der Waals surface area contributed by atoms with Crippen molar-refractivity contribution in [1.82, 2.24) is 9.88 Å². The number of methoxy groups -OCH3 is 1. The first-order chi connectivity index (χ1) is 14.7. The molecule has 0 atom stereocenters. The predicted octanol–water partition coefficient (Wildman–Crippen LogP) is 4.62. The van der Waals surface area contributed by atoms with E-state index in [0.717, 1.165) is 50.4 Å². The number of fused-ring (bicyclic) bond motifs is 2. The van der Waals surface area contributed by atoms with Gasteiger partial charge in [-0.1, -0.05) is 6.07 Å². The van der Waals surface area contributed by atoms with Crippen molar-refractivity contribution in [1.29, 1.82) is 0 Å². The summed E-state index contributed by atoms with van der Waals surface area (Å²) in [6.07, 6.45) is 0.683. The number of rotatable bonds is 7. The molecular weight excluding hydrogens is 398 g/mol. The lowest BCUT2D eigenvalue weighted by atomic mass is 10.1. The zero-order valence-electron chi connectivity index (χ0n) is 17.2. The zero-order chi connectivity index (χ0) is 20.9. The van der Waals surface area contributed by atoms with Gasteiger partial charge in [-0.15, -0.1) is 0 Å². The van der Waals surface area contributed by atoms with Gasteiger partial charge in [0.2, 0.25) is 0 Å². The summed E-state index contributed by atoms with van der Waals surface area (Å²) in [7, 11) is 1.65. The molecule has 30 heavy (non-hydrogen) atoms. The summed E-state index contributed by atoms with van der Waals surface area (Å²) in [5.74, 6) is 1.63. The maximum Gasteiger partial charge on any atom is 0.171 e. The fourth-order valence-corrected chi connectivity index (χ4v) is 4.39. The second-order valence-corrected chi connectivity index (χ2v) is 7.89. The summed E-state index contributed by atoms with van der Waals surface area (Å²) in [6.45, 7) is 4.19. The number of aromatic nitrogens is 1. The predicted molar refractivity (Wildman–Crippen MR) is 121 cm³/mol. The van der Waals surface area contributed by atoms with E-state index < -0.39 is 0 Å². The Morgan fingerprint density at radius 2 is 2.07 bits per heavy atom. The number of hydrogen-bond donors (Lipinski definition) is 1. The lowest BCUT2D eigenvalue weighted by Crippen LogP contribution is -2.33. The largest absolute Gasteiger partial charge is 0.497 e. The highest BCUT2D eigenvalue weighted by Crippen LogP contribution is 2.35. The van der Waals surface area contributed by atoms with Crippen LogP contribution < -0.4 is 9.47 Å². The molecule has 2 aromatic carbocycles. The van der Waals surface area contributed by atoms with Crippen molar-refractivity contribution in [2.24, 2.45) is 4.99 Å². The average molecular weight is 424 g/mol. The Bertz CT molecular complexity index is 1070. The minimum Gasteiger partial charge on any atom is -0.497 e. The van der Waals surface area contributed by atoms with Gasteiger partial charge in [0.15, 0.2) is 5.17 Å². The van der Waals surface area contributed by atoms with Gasteiger partial charge < -0.3 is 19.5 Å². The van der Waals surface area contributed by atoms with Crippen molar-refractivity contribution in [3.63, 3.8) is 0 Å². The number of aliphatic hydroxyl groups is 1. The van der Waals surface area contributed by atoms with E-state index in [4.69, 9.17) is 19.5 Å². The van der Waals surface area contributed by atoms with Crippen LogP contribution in [0.25, 0.3) is 10.9 Å². The highest BCUT2D eigenvalue weighted by molar-refractivity contribution is 8.13. The second kappa shape index (κ2) is 9.36. The van der Waals surface area contributed by atoms with E-state index in [-0.39, 0.29) is 6.61 Å². The van der Waals surface area contributed by atoms with Crippen LogP contribution in [-0.4, -0.2) is 47.0 Å². The number of benzene rings is 2. The molecule has 0 bridgehead atoms. The van der Waals surface area contributed by atoms with Gasteiger partial charge in [-0.25, -0.2) is 9.98 Å². The van der Waals surface area contributed by atoms with E-state index >= 15 is 0 Å². The van der Waals surface area contributed by atoms with Crippen LogP contribution >= 0.6 is 11.8 Å². The molecule has 156 valence electrons. The second-order valence-electron chi connectivity index (χ2n) is 6.94. The molecule has 7 heteroatoms. The number of thioether (sulfide) groups is 1. The minimum atomic E-state index is 0.147. The van der Waals surface area contributed by atoms with Gasteiger partial charge in [0.05, 0.1) is 24.9 Å². The van der Waals surface area contributed by atoms with Crippen LogP contribution in [0.5, 0.6) is 11.5 Å². The molecule has 0 spiro atoms. The summed E-state index contributed by atoms with van der Waals surface area (Å²) in [5.41, 5.74) is 2.93. The van der Waals surface area contributed by atoms with Gasteiger partial charge in [0.25, 0.3) is 0 Å². The van der Waals surface area contributed by atoms with Gasteiger partial charge in [0, 0.05) is 36.7 Å². The first-order valence-electron chi connectivity index (χ1n) is 10.0. The van der Waals surface area contributed by atoms with Crippen molar-refractivity contribution >= 4 is 33.5 Å². The quantitative estimate of drug-likeness (QED) is 0.598. The van der Waals surface area contributed by atoms with Crippen LogP contribution in [0.15, 0.2) is 58.5 Å². The van der Waals surface area contributed by atoms with Crippen molar-refractivity contribution in [3.05, 3.63) is 54.1 Å². The molecule has 0 saturated heterocycles. The van der Waals surface area contributed by atoms with Crippen molar-refractivity contribution in [3.8, 4) is 11.5 Å². The number of amidine groups is 1. The number of aliphatic hydroxyl groups excluding tert-OH is 1. The van der Waals surface area contributed by atoms with E-state index in [2.05, 4.69) is 11.0 Å². The molecule has 1 aliphatic heterocycles. The summed E-state index contributed by atoms with van der Waals surface area (Å²) in [5, 5.41) is 12.3. The highest BCUT2D eigenvalue weighted by atomic mass is 32.2. The normalized spacial score (nSPS) is 14.8. The van der Waals surface area contributed by atoms with Gasteiger partial charge in [0.1, 0.15) is 16.5 Å². The smallest absolute Gasteiger partial charge is 0.171 e. The molecule has 1 aliphatic rings. The van der Waals surface area contributed by atoms with Crippen LogP contribution in [0.3, 0.4) is 0 Å². The summed E-state index contributed by atoms with van der Waals surface area (Å²) < 4.78 is 11.0. The van der Waals surface area contributed by atoms with Gasteiger partial charge in [-0.3, -0.25) is 0 Å². The standard InChI is InChI=1S/C23H25N3O3S/c1-3-29-20-8-9-21-16(13-20)12-17-15-26(10-5-11-27)23(30-22(17)25-21)24-18-6-4-7-19(14-18)28-2/h4,6-9,12-14,27H,3,5,10-11,15H2,1-2H3. The van der Waals surface area contributed by atoms with E-state index in [9.17, 15) is 5.11 Å². The topological polar surface area (TPSA) is 67.2 Å². The molecule has 0 amide bonds. The van der Waals surface area contributed by atoms with Crippen LogP contribution in [0.2, 0.25) is 0 Å². The lowest BCUT2D eigenvalue weighted by molar-refractivity contribution is 0.265. The Morgan fingerprint density at radius 1 is 1.17 bits per heavy atom. The molecule has 4 rings (SSSR count). The Morgan fingerprint density at radius 3 is 2.87 bits per heavy atom. The average Bonchev–Trinajstić information content (AvgIpc) is 2.76. The number of ether oxygens (including phenoxy) is 2. The minimum absolute atomic E-state index is 0.147. The summed E-state index contributed by atoms with van der Waals surface area (Å²) in [4.78, 5) is 11.9. The van der Waals surface area contributed by atoms with Crippen molar-refractivity contribution in [2.75, 3.05) is 26.9 Å². The Balaban J connectivity index is 1.71. The Hall–Kier alpha value is -2.77. The molecule has 0 radical (unpaired) electrons.